The number of imide groups is 1. The Balaban J connectivity index is 1.71. The number of nitro benzene ring substituents is 1. The molecular formula is C24H16N4O5. The van der Waals surface area contributed by atoms with Gasteiger partial charge in [0.05, 0.1) is 11.5 Å². The number of amides is 2. The zero-order valence-corrected chi connectivity index (χ0v) is 17.4. The average Bonchev–Trinajstić information content (AvgIpc) is 3.29. The number of furan rings is 1. The van der Waals surface area contributed by atoms with E-state index in [0.29, 0.717) is 22.6 Å². The highest BCUT2D eigenvalue weighted by Gasteiger charge is 2.35. The standard InChI is InChI=1S/C24H16N4O5/c1-15-20(11-19-7-8-22(33-19)17-5-2-6-18(10-17)28(31)32)23(29)27(24(30)21(15)12-25)14-16-4-3-9-26-13-16/h2-11,13H,14H2,1H3/b20-11+. The molecular weight excluding hydrogens is 424 g/mol. The van der Waals surface area contributed by atoms with Crippen LogP contribution in [0.5, 0.6) is 0 Å². The zero-order valence-electron chi connectivity index (χ0n) is 17.4. The van der Waals surface area contributed by atoms with Crippen molar-refractivity contribution >= 4 is 23.6 Å². The summed E-state index contributed by atoms with van der Waals surface area (Å²) in [6, 6.07) is 14.5. The van der Waals surface area contributed by atoms with Gasteiger partial charge in [0.25, 0.3) is 17.5 Å². The molecule has 1 aliphatic heterocycles. The summed E-state index contributed by atoms with van der Waals surface area (Å²) >= 11 is 0. The van der Waals surface area contributed by atoms with Crippen LogP contribution in [0.2, 0.25) is 0 Å². The van der Waals surface area contributed by atoms with Crippen LogP contribution < -0.4 is 0 Å². The van der Waals surface area contributed by atoms with Crippen molar-refractivity contribution in [2.24, 2.45) is 0 Å². The van der Waals surface area contributed by atoms with Crippen LogP contribution in [-0.4, -0.2) is 26.6 Å². The molecule has 2 amide bonds. The first kappa shape index (κ1) is 21.4. The van der Waals surface area contributed by atoms with E-state index < -0.39 is 16.7 Å². The molecule has 1 aliphatic rings. The lowest BCUT2D eigenvalue weighted by atomic mass is 9.94. The van der Waals surface area contributed by atoms with Gasteiger partial charge in [-0.15, -0.1) is 0 Å². The van der Waals surface area contributed by atoms with E-state index in [1.165, 1.54) is 25.1 Å². The van der Waals surface area contributed by atoms with Crippen molar-refractivity contribution in [1.82, 2.24) is 9.88 Å². The number of pyridine rings is 1. The third-order valence-electron chi connectivity index (χ3n) is 5.14. The second kappa shape index (κ2) is 8.72. The second-order valence-corrected chi connectivity index (χ2v) is 7.24. The fourth-order valence-electron chi connectivity index (χ4n) is 3.45. The highest BCUT2D eigenvalue weighted by Crippen LogP contribution is 2.30. The third kappa shape index (κ3) is 4.18. The Bertz CT molecular complexity index is 1380. The average molecular weight is 440 g/mol. The number of carbonyl (C=O) groups is 2. The van der Waals surface area contributed by atoms with Gasteiger partial charge in [0.1, 0.15) is 23.2 Å². The van der Waals surface area contributed by atoms with Crippen molar-refractivity contribution in [3.05, 3.63) is 99.1 Å². The molecule has 1 aromatic carbocycles. The van der Waals surface area contributed by atoms with Crippen LogP contribution in [0.15, 0.2) is 82.1 Å². The summed E-state index contributed by atoms with van der Waals surface area (Å²) in [5, 5.41) is 20.6. The van der Waals surface area contributed by atoms with Gasteiger partial charge in [-0.1, -0.05) is 18.2 Å². The first-order valence-electron chi connectivity index (χ1n) is 9.82. The number of nitro groups is 1. The van der Waals surface area contributed by atoms with E-state index in [-0.39, 0.29) is 29.0 Å². The third-order valence-corrected chi connectivity index (χ3v) is 5.14. The molecule has 0 bridgehead atoms. The number of aromatic nitrogens is 1. The Kier molecular flexibility index (Phi) is 5.66. The van der Waals surface area contributed by atoms with Crippen molar-refractivity contribution in [2.75, 3.05) is 0 Å². The first-order valence-corrected chi connectivity index (χ1v) is 9.82. The topological polar surface area (TPSA) is 130 Å². The SMILES string of the molecule is CC1=C(C#N)C(=O)N(Cc2cccnc2)C(=O)/C1=C/c1ccc(-c2cccc([N+](=O)[O-])c2)o1. The largest absolute Gasteiger partial charge is 0.457 e. The van der Waals surface area contributed by atoms with Crippen molar-refractivity contribution in [2.45, 2.75) is 13.5 Å². The first-order chi connectivity index (χ1) is 15.9. The molecule has 9 nitrogen and oxygen atoms in total. The summed E-state index contributed by atoms with van der Waals surface area (Å²) in [5.41, 5.74) is 1.34. The van der Waals surface area contributed by atoms with Gasteiger partial charge in [-0.25, -0.2) is 0 Å². The lowest BCUT2D eigenvalue weighted by molar-refractivity contribution is -0.384. The van der Waals surface area contributed by atoms with Gasteiger partial charge in [-0.3, -0.25) is 29.6 Å². The monoisotopic (exact) mass is 440 g/mol. The van der Waals surface area contributed by atoms with Crippen molar-refractivity contribution in [3.8, 4) is 17.4 Å². The smallest absolute Gasteiger partial charge is 0.271 e. The Labute approximate surface area is 188 Å². The minimum absolute atomic E-state index is 0.0294. The molecule has 33 heavy (non-hydrogen) atoms. The van der Waals surface area contributed by atoms with Gasteiger partial charge in [-0.2, -0.15) is 5.26 Å². The van der Waals surface area contributed by atoms with E-state index in [1.54, 1.807) is 48.8 Å². The van der Waals surface area contributed by atoms with Crippen LogP contribution in [0.3, 0.4) is 0 Å². The molecule has 162 valence electrons. The summed E-state index contributed by atoms with van der Waals surface area (Å²) in [6.07, 6.45) is 4.58. The van der Waals surface area contributed by atoms with Gasteiger partial charge in [0.2, 0.25) is 0 Å². The van der Waals surface area contributed by atoms with Crippen molar-refractivity contribution in [1.29, 1.82) is 5.26 Å². The lowest BCUT2D eigenvalue weighted by Crippen LogP contribution is -2.42. The molecule has 3 heterocycles. The summed E-state index contributed by atoms with van der Waals surface area (Å²) in [7, 11) is 0. The predicted octanol–water partition coefficient (Wildman–Crippen LogP) is 4.04. The molecule has 0 aliphatic carbocycles. The fourth-order valence-corrected chi connectivity index (χ4v) is 3.45. The number of non-ortho nitro benzene ring substituents is 1. The minimum Gasteiger partial charge on any atom is -0.457 e. The number of hydrogen-bond donors (Lipinski definition) is 0. The molecule has 0 saturated carbocycles. The number of nitrogens with zero attached hydrogens (tertiary/aromatic N) is 4. The minimum atomic E-state index is -0.669. The molecule has 4 rings (SSSR count). The van der Waals surface area contributed by atoms with Gasteiger partial charge in [-0.05, 0) is 42.3 Å². The quantitative estimate of drug-likeness (QED) is 0.253. The molecule has 2 aromatic heterocycles. The molecule has 0 radical (unpaired) electrons. The van der Waals surface area contributed by atoms with Crippen LogP contribution in [-0.2, 0) is 16.1 Å². The van der Waals surface area contributed by atoms with Gasteiger partial charge in [0.15, 0.2) is 0 Å². The molecule has 0 spiro atoms. The number of hydrogen-bond acceptors (Lipinski definition) is 7. The number of rotatable bonds is 5. The maximum atomic E-state index is 13.2. The number of nitriles is 1. The summed E-state index contributed by atoms with van der Waals surface area (Å²) in [4.78, 5) is 41.4. The van der Waals surface area contributed by atoms with E-state index in [1.807, 2.05) is 6.07 Å². The summed E-state index contributed by atoms with van der Waals surface area (Å²) < 4.78 is 5.78. The number of carbonyl (C=O) groups excluding carboxylic acids is 2. The lowest BCUT2D eigenvalue weighted by Gasteiger charge is -2.27. The maximum absolute atomic E-state index is 13.2. The maximum Gasteiger partial charge on any atom is 0.271 e. The van der Waals surface area contributed by atoms with E-state index >= 15 is 0 Å². The van der Waals surface area contributed by atoms with Gasteiger partial charge >= 0.3 is 0 Å². The highest BCUT2D eigenvalue weighted by atomic mass is 16.6. The summed E-state index contributed by atoms with van der Waals surface area (Å²) in [6.45, 7) is 1.50. The Hall–Kier alpha value is -4.84. The van der Waals surface area contributed by atoms with E-state index in [0.717, 1.165) is 4.90 Å². The van der Waals surface area contributed by atoms with Gasteiger partial charge in [0, 0.05) is 35.7 Å². The molecule has 0 unspecified atom stereocenters. The molecule has 9 heteroatoms. The normalized spacial score (nSPS) is 15.2. The van der Waals surface area contributed by atoms with Crippen LogP contribution >= 0.6 is 0 Å². The zero-order chi connectivity index (χ0) is 23.5. The van der Waals surface area contributed by atoms with E-state index in [2.05, 4.69) is 4.98 Å². The van der Waals surface area contributed by atoms with Crippen LogP contribution in [0.1, 0.15) is 18.2 Å². The number of benzene rings is 1. The molecule has 3 aromatic rings. The van der Waals surface area contributed by atoms with Crippen LogP contribution in [0.25, 0.3) is 17.4 Å². The van der Waals surface area contributed by atoms with Crippen LogP contribution in [0, 0.1) is 21.4 Å². The van der Waals surface area contributed by atoms with Crippen molar-refractivity contribution in [3.63, 3.8) is 0 Å². The Morgan fingerprint density at radius 2 is 2.00 bits per heavy atom. The second-order valence-electron chi connectivity index (χ2n) is 7.24. The molecule has 0 atom stereocenters. The Morgan fingerprint density at radius 1 is 1.18 bits per heavy atom. The molecule has 0 fully saturated rings. The fraction of sp³-hybridized carbons (Fsp3) is 0.0833. The van der Waals surface area contributed by atoms with Gasteiger partial charge < -0.3 is 4.42 Å². The van der Waals surface area contributed by atoms with E-state index in [4.69, 9.17) is 4.42 Å². The molecule has 0 saturated heterocycles. The van der Waals surface area contributed by atoms with Crippen LogP contribution in [0.4, 0.5) is 5.69 Å². The van der Waals surface area contributed by atoms with Crippen molar-refractivity contribution < 1.29 is 18.9 Å². The summed E-state index contributed by atoms with van der Waals surface area (Å²) in [5.74, 6) is -0.558. The molecule has 0 N–H and O–H groups in total. The Morgan fingerprint density at radius 3 is 2.70 bits per heavy atom. The predicted molar refractivity (Wildman–Crippen MR) is 117 cm³/mol. The van der Waals surface area contributed by atoms with E-state index in [9.17, 15) is 25.0 Å². The highest BCUT2D eigenvalue weighted by molar-refractivity contribution is 6.19.